The lowest BCUT2D eigenvalue weighted by Gasteiger charge is -2.13. The Morgan fingerprint density at radius 3 is 2.85 bits per heavy atom. The Labute approximate surface area is 113 Å². The van der Waals surface area contributed by atoms with Crippen molar-refractivity contribution in [3.05, 3.63) is 52.3 Å². The summed E-state index contributed by atoms with van der Waals surface area (Å²) in [4.78, 5) is 21.5. The maximum absolute atomic E-state index is 11.3. The van der Waals surface area contributed by atoms with Gasteiger partial charge in [0, 0.05) is 36.6 Å². The lowest BCUT2D eigenvalue weighted by Crippen LogP contribution is -2.20. The number of anilines is 1. The molecule has 0 saturated carbocycles. The van der Waals surface area contributed by atoms with Crippen LogP contribution in [0.4, 0.5) is 11.4 Å². The predicted octanol–water partition coefficient (Wildman–Crippen LogP) is 1.57. The van der Waals surface area contributed by atoms with E-state index in [-0.39, 0.29) is 5.69 Å². The number of hydrogen-bond acceptors (Lipinski definition) is 5. The van der Waals surface area contributed by atoms with Gasteiger partial charge in [0.2, 0.25) is 0 Å². The Morgan fingerprint density at radius 2 is 2.30 bits per heavy atom. The van der Waals surface area contributed by atoms with E-state index in [1.165, 1.54) is 29.1 Å². The SMILES string of the molecule is Cn1cc(C(Nc2cccc([N+](=O)[O-])c2)C(=O)O)cn1. The minimum absolute atomic E-state index is 0.106. The zero-order chi connectivity index (χ0) is 14.7. The number of rotatable bonds is 5. The molecular weight excluding hydrogens is 264 g/mol. The molecule has 2 aromatic rings. The van der Waals surface area contributed by atoms with E-state index in [2.05, 4.69) is 10.4 Å². The zero-order valence-corrected chi connectivity index (χ0v) is 10.6. The predicted molar refractivity (Wildman–Crippen MR) is 70.3 cm³/mol. The third-order valence-electron chi connectivity index (χ3n) is 2.67. The van der Waals surface area contributed by atoms with Gasteiger partial charge in [0.1, 0.15) is 0 Å². The Bertz CT molecular complexity index is 652. The van der Waals surface area contributed by atoms with Gasteiger partial charge in [-0.05, 0) is 6.07 Å². The van der Waals surface area contributed by atoms with E-state index in [9.17, 15) is 20.0 Å². The normalized spacial score (nSPS) is 11.8. The zero-order valence-electron chi connectivity index (χ0n) is 10.6. The van der Waals surface area contributed by atoms with Gasteiger partial charge in [-0.25, -0.2) is 4.79 Å². The Morgan fingerprint density at radius 1 is 1.55 bits per heavy atom. The van der Waals surface area contributed by atoms with Crippen molar-refractivity contribution < 1.29 is 14.8 Å². The number of carboxylic acid groups (broad SMARTS) is 1. The first-order chi connectivity index (χ1) is 9.47. The molecule has 20 heavy (non-hydrogen) atoms. The molecule has 0 aliphatic heterocycles. The Balaban J connectivity index is 2.27. The van der Waals surface area contributed by atoms with Crippen LogP contribution < -0.4 is 5.32 Å². The highest BCUT2D eigenvalue weighted by molar-refractivity contribution is 5.79. The first-order valence-corrected chi connectivity index (χ1v) is 5.69. The number of benzene rings is 1. The van der Waals surface area contributed by atoms with Gasteiger partial charge >= 0.3 is 5.97 Å². The molecular formula is C12H12N4O4. The Kier molecular flexibility index (Phi) is 3.65. The maximum atomic E-state index is 11.3. The molecule has 0 radical (unpaired) electrons. The second kappa shape index (κ2) is 5.39. The van der Waals surface area contributed by atoms with Gasteiger partial charge in [0.05, 0.1) is 11.1 Å². The topological polar surface area (TPSA) is 110 Å². The van der Waals surface area contributed by atoms with Crippen LogP contribution in [0.15, 0.2) is 36.7 Å². The molecule has 0 fully saturated rings. The van der Waals surface area contributed by atoms with Crippen molar-refractivity contribution in [2.45, 2.75) is 6.04 Å². The molecule has 0 saturated heterocycles. The van der Waals surface area contributed by atoms with E-state index in [1.807, 2.05) is 0 Å². The summed E-state index contributed by atoms with van der Waals surface area (Å²) in [6.07, 6.45) is 3.01. The van der Waals surface area contributed by atoms with E-state index in [1.54, 1.807) is 19.3 Å². The highest BCUT2D eigenvalue weighted by atomic mass is 16.6. The molecule has 8 nitrogen and oxygen atoms in total. The summed E-state index contributed by atoms with van der Waals surface area (Å²) in [5, 5.41) is 26.6. The monoisotopic (exact) mass is 276 g/mol. The van der Waals surface area contributed by atoms with Crippen LogP contribution in [0.2, 0.25) is 0 Å². The third kappa shape index (κ3) is 2.91. The van der Waals surface area contributed by atoms with E-state index in [4.69, 9.17) is 0 Å². The number of nitrogens with one attached hydrogen (secondary N) is 1. The quantitative estimate of drug-likeness (QED) is 0.633. The first-order valence-electron chi connectivity index (χ1n) is 5.69. The number of carboxylic acids is 1. The summed E-state index contributed by atoms with van der Waals surface area (Å²) in [6.45, 7) is 0. The van der Waals surface area contributed by atoms with E-state index < -0.39 is 16.9 Å². The van der Waals surface area contributed by atoms with Crippen molar-refractivity contribution in [2.24, 2.45) is 7.05 Å². The summed E-state index contributed by atoms with van der Waals surface area (Å²) < 4.78 is 1.49. The molecule has 0 spiro atoms. The molecule has 104 valence electrons. The molecule has 1 heterocycles. The maximum Gasteiger partial charge on any atom is 0.330 e. The molecule has 2 N–H and O–H groups in total. The molecule has 0 amide bonds. The first kappa shape index (κ1) is 13.5. The van der Waals surface area contributed by atoms with Gasteiger partial charge in [0.25, 0.3) is 5.69 Å². The fourth-order valence-corrected chi connectivity index (χ4v) is 1.75. The van der Waals surface area contributed by atoms with Gasteiger partial charge in [0.15, 0.2) is 6.04 Å². The van der Waals surface area contributed by atoms with Crippen LogP contribution in [0.1, 0.15) is 11.6 Å². The average molecular weight is 276 g/mol. The fraction of sp³-hybridized carbons (Fsp3) is 0.167. The number of nitro benzene ring substituents is 1. The van der Waals surface area contributed by atoms with Crippen LogP contribution in [0.25, 0.3) is 0 Å². The van der Waals surface area contributed by atoms with Crippen molar-refractivity contribution in [1.29, 1.82) is 0 Å². The standard InChI is InChI=1S/C12H12N4O4/c1-15-7-8(6-13-15)11(12(17)18)14-9-3-2-4-10(5-9)16(19)20/h2-7,11,14H,1H3,(H,17,18). The molecule has 0 aliphatic rings. The van der Waals surface area contributed by atoms with Gasteiger partial charge in [-0.2, -0.15) is 5.10 Å². The summed E-state index contributed by atoms with van der Waals surface area (Å²) >= 11 is 0. The molecule has 1 atom stereocenters. The lowest BCUT2D eigenvalue weighted by molar-refractivity contribution is -0.384. The number of aryl methyl sites for hydroxylation is 1. The van der Waals surface area contributed by atoms with Crippen molar-refractivity contribution in [3.63, 3.8) is 0 Å². The van der Waals surface area contributed by atoms with Crippen molar-refractivity contribution in [1.82, 2.24) is 9.78 Å². The summed E-state index contributed by atoms with van der Waals surface area (Å²) in [5.74, 6) is -1.09. The minimum atomic E-state index is -1.09. The van der Waals surface area contributed by atoms with Crippen LogP contribution in [-0.2, 0) is 11.8 Å². The number of carbonyl (C=O) groups is 1. The van der Waals surface area contributed by atoms with Gasteiger partial charge in [-0.3, -0.25) is 14.8 Å². The van der Waals surface area contributed by atoms with Gasteiger partial charge in [-0.1, -0.05) is 6.07 Å². The summed E-state index contributed by atoms with van der Waals surface area (Å²) in [6, 6.07) is 4.66. The molecule has 1 aromatic heterocycles. The second-order valence-electron chi connectivity index (χ2n) is 4.17. The van der Waals surface area contributed by atoms with Crippen molar-refractivity contribution >= 4 is 17.3 Å². The Hall–Kier alpha value is -2.90. The van der Waals surface area contributed by atoms with Gasteiger partial charge < -0.3 is 10.4 Å². The highest BCUT2D eigenvalue weighted by Gasteiger charge is 2.21. The lowest BCUT2D eigenvalue weighted by atomic mass is 10.1. The number of non-ortho nitro benzene ring substituents is 1. The van der Waals surface area contributed by atoms with E-state index in [0.717, 1.165) is 0 Å². The smallest absolute Gasteiger partial charge is 0.330 e. The van der Waals surface area contributed by atoms with Crippen LogP contribution in [0.5, 0.6) is 0 Å². The molecule has 8 heteroatoms. The van der Waals surface area contributed by atoms with Crippen molar-refractivity contribution in [3.8, 4) is 0 Å². The number of nitrogens with zero attached hydrogens (tertiary/aromatic N) is 3. The molecule has 0 bridgehead atoms. The molecule has 2 rings (SSSR count). The second-order valence-corrected chi connectivity index (χ2v) is 4.17. The summed E-state index contributed by atoms with van der Waals surface area (Å²) in [5.41, 5.74) is 0.715. The van der Waals surface area contributed by atoms with Crippen LogP contribution >= 0.6 is 0 Å². The number of nitro groups is 1. The van der Waals surface area contributed by atoms with Crippen LogP contribution in [-0.4, -0.2) is 25.8 Å². The van der Waals surface area contributed by atoms with E-state index in [0.29, 0.717) is 11.3 Å². The molecule has 0 aliphatic carbocycles. The average Bonchev–Trinajstić information content (AvgIpc) is 2.82. The van der Waals surface area contributed by atoms with E-state index >= 15 is 0 Å². The number of aromatic nitrogens is 2. The number of aliphatic carboxylic acids is 1. The highest BCUT2D eigenvalue weighted by Crippen LogP contribution is 2.23. The molecule has 1 aromatic carbocycles. The number of hydrogen-bond donors (Lipinski definition) is 2. The fourth-order valence-electron chi connectivity index (χ4n) is 1.75. The van der Waals surface area contributed by atoms with Gasteiger partial charge in [-0.15, -0.1) is 0 Å². The molecule has 1 unspecified atom stereocenters. The van der Waals surface area contributed by atoms with Crippen molar-refractivity contribution in [2.75, 3.05) is 5.32 Å². The largest absolute Gasteiger partial charge is 0.479 e. The third-order valence-corrected chi connectivity index (χ3v) is 2.67. The summed E-state index contributed by atoms with van der Waals surface area (Å²) in [7, 11) is 1.68. The van der Waals surface area contributed by atoms with Crippen LogP contribution in [0.3, 0.4) is 0 Å². The van der Waals surface area contributed by atoms with Crippen LogP contribution in [0, 0.1) is 10.1 Å². The minimum Gasteiger partial charge on any atom is -0.479 e.